The van der Waals surface area contributed by atoms with Gasteiger partial charge in [0, 0.05) is 37.7 Å². The summed E-state index contributed by atoms with van der Waals surface area (Å²) in [6, 6.07) is 12.9. The SMILES string of the molecule is O=C1NC(=O)C(c2ccc(Oc3ccc(Cl)cc3)cc2)(N2CCC3(CC2)CN(CCO)C3)C(=O)N1. The highest BCUT2D eigenvalue weighted by molar-refractivity contribution is 6.30. The molecule has 4 amide bonds. The normalized spacial score (nSPS) is 21.8. The number of urea groups is 1. The number of piperidine rings is 1. The number of rotatable bonds is 6. The van der Waals surface area contributed by atoms with E-state index in [-0.39, 0.29) is 12.0 Å². The lowest BCUT2D eigenvalue weighted by atomic mass is 9.70. The summed E-state index contributed by atoms with van der Waals surface area (Å²) in [6.07, 6.45) is 1.64. The summed E-state index contributed by atoms with van der Waals surface area (Å²) in [5, 5.41) is 14.4. The molecule has 0 bridgehead atoms. The van der Waals surface area contributed by atoms with Crippen LogP contribution in [0.5, 0.6) is 11.5 Å². The molecule has 3 aliphatic heterocycles. The number of imide groups is 2. The highest BCUT2D eigenvalue weighted by atomic mass is 35.5. The fraction of sp³-hybridized carbons (Fsp3) is 0.400. The lowest BCUT2D eigenvalue weighted by Crippen LogP contribution is -2.73. The number of halogens is 1. The quantitative estimate of drug-likeness (QED) is 0.523. The van der Waals surface area contributed by atoms with Gasteiger partial charge in [0.05, 0.1) is 6.61 Å². The molecule has 0 unspecified atom stereocenters. The number of nitrogens with zero attached hydrogens (tertiary/aromatic N) is 2. The Morgan fingerprint density at radius 3 is 1.97 bits per heavy atom. The minimum Gasteiger partial charge on any atom is -0.457 e. The number of carbonyl (C=O) groups excluding carboxylic acids is 3. The Kier molecular flexibility index (Phi) is 6.27. The summed E-state index contributed by atoms with van der Waals surface area (Å²) in [5.41, 5.74) is -1.04. The molecule has 0 radical (unpaired) electrons. The van der Waals surface area contributed by atoms with E-state index in [0.29, 0.717) is 41.7 Å². The molecule has 2 aromatic carbocycles. The van der Waals surface area contributed by atoms with Gasteiger partial charge in [0.2, 0.25) is 5.54 Å². The number of hydrogen-bond donors (Lipinski definition) is 3. The Balaban J connectivity index is 1.39. The average molecular weight is 499 g/mol. The number of aliphatic hydroxyl groups excluding tert-OH is 1. The van der Waals surface area contributed by atoms with Crippen molar-refractivity contribution in [1.82, 2.24) is 20.4 Å². The molecule has 5 rings (SSSR count). The zero-order chi connectivity index (χ0) is 24.6. The molecule has 35 heavy (non-hydrogen) atoms. The van der Waals surface area contributed by atoms with Crippen LogP contribution < -0.4 is 15.4 Å². The molecule has 3 heterocycles. The van der Waals surface area contributed by atoms with Crippen molar-refractivity contribution in [2.24, 2.45) is 5.41 Å². The van der Waals surface area contributed by atoms with Crippen LogP contribution in [0.15, 0.2) is 48.5 Å². The molecule has 3 fully saturated rings. The van der Waals surface area contributed by atoms with Gasteiger partial charge in [0.15, 0.2) is 0 Å². The van der Waals surface area contributed by atoms with Crippen molar-refractivity contribution >= 4 is 29.4 Å². The predicted molar refractivity (Wildman–Crippen MR) is 128 cm³/mol. The molecule has 3 aliphatic rings. The first-order chi connectivity index (χ1) is 16.8. The number of likely N-dealkylation sites (tertiary alicyclic amines) is 2. The lowest BCUT2D eigenvalue weighted by molar-refractivity contribution is -0.153. The number of ether oxygens (including phenoxy) is 1. The van der Waals surface area contributed by atoms with Crippen molar-refractivity contribution in [3.05, 3.63) is 59.1 Å². The Morgan fingerprint density at radius 1 is 0.886 bits per heavy atom. The van der Waals surface area contributed by atoms with Gasteiger partial charge in [-0.25, -0.2) is 4.79 Å². The van der Waals surface area contributed by atoms with Gasteiger partial charge >= 0.3 is 6.03 Å². The van der Waals surface area contributed by atoms with Crippen molar-refractivity contribution in [3.63, 3.8) is 0 Å². The van der Waals surface area contributed by atoms with Crippen LogP contribution in [0.1, 0.15) is 18.4 Å². The number of β-amino-alcohol motifs (C(OH)–C–C–N with tert-alkyl or cyclic N) is 1. The number of aliphatic hydroxyl groups is 1. The number of benzene rings is 2. The van der Waals surface area contributed by atoms with Gasteiger partial charge in [0.1, 0.15) is 11.5 Å². The maximum absolute atomic E-state index is 13.3. The maximum atomic E-state index is 13.3. The van der Waals surface area contributed by atoms with E-state index in [1.807, 2.05) is 4.90 Å². The van der Waals surface area contributed by atoms with E-state index in [0.717, 1.165) is 25.9 Å². The minimum absolute atomic E-state index is 0.136. The van der Waals surface area contributed by atoms with E-state index in [1.165, 1.54) is 0 Å². The number of barbiturate groups is 1. The second kappa shape index (κ2) is 9.23. The van der Waals surface area contributed by atoms with Crippen molar-refractivity contribution in [1.29, 1.82) is 0 Å². The van der Waals surface area contributed by atoms with Gasteiger partial charge in [-0.3, -0.25) is 30.0 Å². The smallest absolute Gasteiger partial charge is 0.328 e. The first-order valence-corrected chi connectivity index (χ1v) is 12.0. The first kappa shape index (κ1) is 23.7. The summed E-state index contributed by atoms with van der Waals surface area (Å²) in [7, 11) is 0. The van der Waals surface area contributed by atoms with Crippen LogP contribution in [-0.2, 0) is 15.1 Å². The Labute approximate surface area is 208 Å². The van der Waals surface area contributed by atoms with Crippen LogP contribution in [0.4, 0.5) is 4.79 Å². The van der Waals surface area contributed by atoms with Crippen molar-refractivity contribution in [2.45, 2.75) is 18.4 Å². The van der Waals surface area contributed by atoms with Gasteiger partial charge in [-0.2, -0.15) is 0 Å². The molecule has 0 aromatic heterocycles. The predicted octanol–water partition coefficient (Wildman–Crippen LogP) is 2.08. The molecule has 2 aromatic rings. The van der Waals surface area contributed by atoms with E-state index >= 15 is 0 Å². The summed E-state index contributed by atoms with van der Waals surface area (Å²) in [5.74, 6) is -0.157. The zero-order valence-corrected chi connectivity index (χ0v) is 19.9. The summed E-state index contributed by atoms with van der Waals surface area (Å²) in [4.78, 5) is 42.6. The van der Waals surface area contributed by atoms with Crippen LogP contribution in [0, 0.1) is 5.41 Å². The molecule has 3 saturated heterocycles. The average Bonchev–Trinajstić information content (AvgIpc) is 2.81. The summed E-state index contributed by atoms with van der Waals surface area (Å²) in [6.45, 7) is 3.67. The van der Waals surface area contributed by atoms with Crippen LogP contribution >= 0.6 is 11.6 Å². The highest BCUT2D eigenvalue weighted by Gasteiger charge is 2.58. The molecule has 0 aliphatic carbocycles. The molecule has 0 saturated carbocycles. The van der Waals surface area contributed by atoms with E-state index in [9.17, 15) is 19.5 Å². The van der Waals surface area contributed by atoms with Crippen molar-refractivity contribution in [2.75, 3.05) is 39.3 Å². The van der Waals surface area contributed by atoms with E-state index in [4.69, 9.17) is 16.3 Å². The van der Waals surface area contributed by atoms with E-state index in [1.54, 1.807) is 48.5 Å². The van der Waals surface area contributed by atoms with E-state index in [2.05, 4.69) is 15.5 Å². The monoisotopic (exact) mass is 498 g/mol. The standard InChI is InChI=1S/C25H27ClN4O5/c26-18-3-7-20(8-4-18)35-19-5-1-17(2-6-19)25(21(32)27-23(34)28-22(25)33)30-11-9-24(10-12-30)15-29(16-24)13-14-31/h1-8,31H,9-16H2,(H2,27,28,32,33,34). The fourth-order valence-electron chi connectivity index (χ4n) is 5.49. The molecule has 9 nitrogen and oxygen atoms in total. The summed E-state index contributed by atoms with van der Waals surface area (Å²) >= 11 is 5.93. The van der Waals surface area contributed by atoms with E-state index < -0.39 is 23.4 Å². The molecular formula is C25H27ClN4O5. The zero-order valence-electron chi connectivity index (χ0n) is 19.1. The number of carbonyl (C=O) groups is 3. The fourth-order valence-corrected chi connectivity index (χ4v) is 5.62. The third kappa shape index (κ3) is 4.29. The first-order valence-electron chi connectivity index (χ1n) is 11.6. The molecule has 3 N–H and O–H groups in total. The van der Waals surface area contributed by atoms with Gasteiger partial charge < -0.3 is 9.84 Å². The molecule has 0 atom stereocenters. The highest BCUT2D eigenvalue weighted by Crippen LogP contribution is 2.44. The number of hydrogen-bond acceptors (Lipinski definition) is 7. The third-order valence-corrected chi connectivity index (χ3v) is 7.52. The van der Waals surface area contributed by atoms with Gasteiger partial charge in [-0.15, -0.1) is 0 Å². The van der Waals surface area contributed by atoms with Gasteiger partial charge in [-0.05, 0) is 60.2 Å². The van der Waals surface area contributed by atoms with Crippen LogP contribution in [0.2, 0.25) is 5.02 Å². The second-order valence-electron chi connectivity index (χ2n) is 9.45. The minimum atomic E-state index is -1.65. The number of amides is 4. The van der Waals surface area contributed by atoms with Gasteiger partial charge in [-0.1, -0.05) is 23.7 Å². The largest absolute Gasteiger partial charge is 0.457 e. The molecule has 1 spiro atoms. The van der Waals surface area contributed by atoms with Crippen LogP contribution in [-0.4, -0.2) is 72.1 Å². The molecule has 10 heteroatoms. The summed E-state index contributed by atoms with van der Waals surface area (Å²) < 4.78 is 5.85. The number of nitrogens with one attached hydrogen (secondary N) is 2. The molecule has 184 valence electrons. The Hall–Kier alpha value is -2.98. The van der Waals surface area contributed by atoms with Gasteiger partial charge in [0.25, 0.3) is 11.8 Å². The third-order valence-electron chi connectivity index (χ3n) is 7.27. The van der Waals surface area contributed by atoms with Crippen LogP contribution in [0.3, 0.4) is 0 Å². The second-order valence-corrected chi connectivity index (χ2v) is 9.89. The Morgan fingerprint density at radius 2 is 1.43 bits per heavy atom. The van der Waals surface area contributed by atoms with Crippen LogP contribution in [0.25, 0.3) is 0 Å². The van der Waals surface area contributed by atoms with Crippen molar-refractivity contribution < 1.29 is 24.2 Å². The topological polar surface area (TPSA) is 111 Å². The Bertz CT molecular complexity index is 1100. The lowest BCUT2D eigenvalue weighted by Gasteiger charge is -2.56. The molecular weight excluding hydrogens is 472 g/mol. The maximum Gasteiger partial charge on any atom is 0.328 e. The van der Waals surface area contributed by atoms with Crippen molar-refractivity contribution in [3.8, 4) is 11.5 Å².